The van der Waals surface area contributed by atoms with Gasteiger partial charge in [-0.2, -0.15) is 0 Å². The first-order chi connectivity index (χ1) is 48.4. The Morgan fingerprint density at radius 3 is 2.23 bits per heavy atom. The minimum Gasteiger partial charge on any atom is -0.495 e. The number of imide groups is 2. The van der Waals surface area contributed by atoms with Gasteiger partial charge in [0, 0.05) is 115 Å². The molecule has 0 radical (unpaired) electrons. The number of allylic oxidation sites excluding steroid dienone is 3. The smallest absolute Gasteiger partial charge is 0.409 e. The molecule has 4 bridgehead atoms. The Hall–Kier alpha value is -8.11. The number of likely N-dealkylation sites (tertiary alicyclic amines) is 1. The fraction of sp³-hybridized carbons (Fsp3) is 0.581. The predicted molar refractivity (Wildman–Crippen MR) is 378 cm³/mol. The molecule has 1 unspecified atom stereocenters. The minimum absolute atomic E-state index is 0.0148. The average molecular weight is 1460 g/mol. The molecule has 3 saturated heterocycles. The second-order valence-electron chi connectivity index (χ2n) is 27.6. The zero-order valence-electron chi connectivity index (χ0n) is 59.9. The maximum absolute atomic E-state index is 14.5. The quantitative estimate of drug-likeness (QED) is 0.0242. The summed E-state index contributed by atoms with van der Waals surface area (Å²) in [6.45, 7) is 10.5. The second-order valence-corrected chi connectivity index (χ2v) is 29.3. The molecule has 556 valence electrons. The first-order valence-corrected chi connectivity index (χ1v) is 36.3. The fourth-order valence-electron chi connectivity index (χ4n) is 13.1. The average Bonchev–Trinajstić information content (AvgIpc) is 1.58. The fourth-order valence-corrected chi connectivity index (χ4v) is 14.5. The van der Waals surface area contributed by atoms with Crippen LogP contribution in [-0.4, -0.2) is 203 Å². The van der Waals surface area contributed by atoms with Crippen LogP contribution in [0.3, 0.4) is 0 Å². The van der Waals surface area contributed by atoms with E-state index in [0.29, 0.717) is 56.4 Å². The van der Waals surface area contributed by atoms with Crippen molar-refractivity contribution in [2.24, 2.45) is 17.8 Å². The largest absolute Gasteiger partial charge is 0.495 e. The SMILES string of the molecule is COc1cc2cc(c1Cl)N(C)C(=O)C[C@H](OC(=O)[C@H](C)N(C)C(=O)CCSC1CC(=O)N(CCCCC(=O)CNC(=O)[C@@H](CC(=O)[C@H](Cc3ccccc3)NC(=O)CCC(=O)CCCCCN3C(=O)C=CC3=O)CC(C)C)C1=O)[C@]1(C)O[C@H]1[C@H](C)[C@@H]1C[C@@](O)(NC(=O)O1)[C@H](OC)/C=C/C=C(\C)C2. The summed E-state index contributed by atoms with van der Waals surface area (Å²) in [5.41, 5.74) is -0.561. The van der Waals surface area contributed by atoms with Crippen LogP contribution in [0.15, 0.2) is 78.4 Å². The molecule has 102 heavy (non-hydrogen) atoms. The molecule has 2 aromatic rings. The molecule has 11 atom stereocenters. The van der Waals surface area contributed by atoms with E-state index in [2.05, 4.69) is 16.0 Å². The zero-order chi connectivity index (χ0) is 74.8. The highest BCUT2D eigenvalue weighted by molar-refractivity contribution is 8.00. The Balaban J connectivity index is 0.866. The topological polar surface area (TPSA) is 341 Å². The highest BCUT2D eigenvalue weighted by atomic mass is 35.5. The van der Waals surface area contributed by atoms with Gasteiger partial charge in [-0.05, 0) is 94.9 Å². The number of halogens is 1. The Kier molecular flexibility index (Phi) is 29.7. The number of unbranched alkanes of at least 4 members (excludes halogenated alkanes) is 3. The first kappa shape index (κ1) is 81.2. The van der Waals surface area contributed by atoms with Crippen LogP contribution in [0.1, 0.15) is 149 Å². The lowest BCUT2D eigenvalue weighted by Gasteiger charge is -2.42. The van der Waals surface area contributed by atoms with Crippen molar-refractivity contribution < 1.29 is 91.1 Å². The number of rotatable bonds is 34. The van der Waals surface area contributed by atoms with E-state index in [9.17, 15) is 67.4 Å². The number of ether oxygens (including phenoxy) is 5. The van der Waals surface area contributed by atoms with Gasteiger partial charge in [-0.15, -0.1) is 11.8 Å². The monoisotopic (exact) mass is 1460 g/mol. The number of hydrogen-bond acceptors (Lipinski definition) is 20. The van der Waals surface area contributed by atoms with E-state index in [1.54, 1.807) is 50.3 Å². The number of fused-ring (bicyclic) bond motifs is 5. The number of anilines is 1. The molecule has 7 rings (SSSR count). The summed E-state index contributed by atoms with van der Waals surface area (Å²) in [4.78, 5) is 178. The van der Waals surface area contributed by atoms with Gasteiger partial charge in [0.2, 0.25) is 35.4 Å². The van der Waals surface area contributed by atoms with Gasteiger partial charge in [-0.1, -0.05) is 92.9 Å². The number of carbonyl (C=O) groups is 13. The van der Waals surface area contributed by atoms with Crippen LogP contribution in [-0.2, 0) is 89.3 Å². The molecule has 0 aromatic heterocycles. The van der Waals surface area contributed by atoms with Gasteiger partial charge in [-0.25, -0.2) is 9.59 Å². The lowest BCUT2D eigenvalue weighted by Crippen LogP contribution is -2.63. The number of alkyl carbamates (subject to hydrolysis) is 1. The summed E-state index contributed by atoms with van der Waals surface area (Å²) in [6.07, 6.45) is 4.80. The molecule has 28 heteroatoms. The van der Waals surface area contributed by atoms with E-state index in [-0.39, 0.29) is 123 Å². The third-order valence-electron chi connectivity index (χ3n) is 19.4. The van der Waals surface area contributed by atoms with Crippen LogP contribution < -0.4 is 25.6 Å². The van der Waals surface area contributed by atoms with Crippen molar-refractivity contribution in [2.45, 2.75) is 204 Å². The van der Waals surface area contributed by atoms with Gasteiger partial charge in [0.15, 0.2) is 17.3 Å². The molecular formula is C74H98ClN7O19S. The van der Waals surface area contributed by atoms with Crippen molar-refractivity contribution in [1.29, 1.82) is 0 Å². The third-order valence-corrected chi connectivity index (χ3v) is 20.9. The lowest BCUT2D eigenvalue weighted by atomic mass is 9.83. The third kappa shape index (κ3) is 22.2. The van der Waals surface area contributed by atoms with Crippen LogP contribution in [0, 0.1) is 17.8 Å². The molecule has 5 heterocycles. The second kappa shape index (κ2) is 37.4. The van der Waals surface area contributed by atoms with Crippen molar-refractivity contribution in [1.82, 2.24) is 30.7 Å². The van der Waals surface area contributed by atoms with Gasteiger partial charge in [-0.3, -0.25) is 67.9 Å². The van der Waals surface area contributed by atoms with Crippen LogP contribution in [0.4, 0.5) is 10.5 Å². The number of epoxide rings is 1. The number of Topliss-reactive ketones (excluding diaryl/α,β-unsaturated/α-hetero) is 3. The molecule has 5 aliphatic heterocycles. The Morgan fingerprint density at radius 1 is 0.863 bits per heavy atom. The number of methoxy groups -OCH3 is 2. The maximum atomic E-state index is 14.5. The van der Waals surface area contributed by atoms with E-state index < -0.39 is 119 Å². The predicted octanol–water partition coefficient (Wildman–Crippen LogP) is 6.80. The van der Waals surface area contributed by atoms with Gasteiger partial charge in [0.05, 0.1) is 43.2 Å². The molecule has 3 fully saturated rings. The summed E-state index contributed by atoms with van der Waals surface area (Å²) in [5.74, 6) is -6.34. The number of hydrogen-bond donors (Lipinski definition) is 4. The molecule has 2 aromatic carbocycles. The molecule has 4 N–H and O–H groups in total. The lowest BCUT2D eigenvalue weighted by molar-refractivity contribution is -0.162. The number of esters is 1. The number of aliphatic hydroxyl groups is 1. The van der Waals surface area contributed by atoms with Gasteiger partial charge in [0.1, 0.15) is 46.5 Å². The number of ketones is 3. The first-order valence-electron chi connectivity index (χ1n) is 34.9. The van der Waals surface area contributed by atoms with Crippen LogP contribution in [0.2, 0.25) is 5.02 Å². The molecule has 9 amide bonds. The summed E-state index contributed by atoms with van der Waals surface area (Å²) >= 11 is 7.97. The number of carbonyl (C=O) groups excluding carboxylic acids is 13. The van der Waals surface area contributed by atoms with Crippen LogP contribution in [0.5, 0.6) is 5.75 Å². The summed E-state index contributed by atoms with van der Waals surface area (Å²) < 4.78 is 29.5. The summed E-state index contributed by atoms with van der Waals surface area (Å²) in [7, 11) is 5.80. The van der Waals surface area contributed by atoms with Gasteiger partial charge < -0.3 is 49.2 Å². The van der Waals surface area contributed by atoms with E-state index >= 15 is 0 Å². The Bertz CT molecular complexity index is 3530. The number of nitrogens with one attached hydrogen (secondary N) is 3. The molecule has 5 aliphatic rings. The summed E-state index contributed by atoms with van der Waals surface area (Å²) in [5, 5.41) is 19.3. The normalized spacial score (nSPS) is 24.6. The standard InChI is InChI=1S/C74H98ClN7O19S/c1-44(2)34-50(39-55(85)53(36-48-21-13-11-14-22-48)77-61(86)27-26-51(83)23-15-12-17-31-81-63(88)28-29-64(81)89)69(92)76-43-52(84)24-16-18-32-82-66(91)40-58(70(82)93)102-33-30-62(87)79(7)47(5)71(94)100-60-41-65(90)80(8)54-37-49(38-56(97-9)67(54)75)35-45(3)20-19-25-59(98-10)74(96)42-57(99-72(95)78-74)46(4)68-73(60,6)101-68/h11,13-14,19-22,25,28-29,37-38,44,46-47,50,53,57-60,68,96H,12,15-18,23-24,26-27,30-36,39-43H2,1-10H3,(H,76,92)(H,77,86)(H,78,95)/b25-19+,45-20+/t46-,47+,50-,53+,57+,58?,59-,60+,68+,73+,74+/m1/s1. The molecule has 0 saturated carbocycles. The van der Waals surface area contributed by atoms with Crippen LogP contribution in [0.25, 0.3) is 0 Å². The van der Waals surface area contributed by atoms with E-state index in [1.165, 1.54) is 57.2 Å². The number of amides is 9. The van der Waals surface area contributed by atoms with Crippen molar-refractivity contribution in [3.05, 3.63) is 94.6 Å². The molecule has 0 spiro atoms. The van der Waals surface area contributed by atoms with Crippen molar-refractivity contribution in [3.63, 3.8) is 0 Å². The van der Waals surface area contributed by atoms with Gasteiger partial charge >= 0.3 is 12.1 Å². The highest BCUT2D eigenvalue weighted by Crippen LogP contribution is 2.49. The van der Waals surface area contributed by atoms with Gasteiger partial charge in [0.25, 0.3) is 11.8 Å². The number of benzene rings is 2. The maximum Gasteiger partial charge on any atom is 0.409 e. The van der Waals surface area contributed by atoms with Crippen molar-refractivity contribution in [3.8, 4) is 5.75 Å². The minimum atomic E-state index is -1.91. The number of nitrogens with zero attached hydrogens (tertiary/aromatic N) is 4. The highest BCUT2D eigenvalue weighted by Gasteiger charge is 2.64. The van der Waals surface area contributed by atoms with Crippen molar-refractivity contribution >= 4 is 106 Å². The van der Waals surface area contributed by atoms with E-state index in [0.717, 1.165) is 38.3 Å². The zero-order valence-corrected chi connectivity index (χ0v) is 61.5. The van der Waals surface area contributed by atoms with E-state index in [4.69, 9.17) is 35.3 Å². The Morgan fingerprint density at radius 2 is 1.54 bits per heavy atom. The Labute approximate surface area is 605 Å². The molecular weight excluding hydrogens is 1360 g/mol. The van der Waals surface area contributed by atoms with Crippen molar-refractivity contribution in [2.75, 3.05) is 58.6 Å². The van der Waals surface area contributed by atoms with Crippen LogP contribution >= 0.6 is 23.4 Å². The number of thioether (sulfide) groups is 1. The molecule has 0 aliphatic carbocycles. The van der Waals surface area contributed by atoms with E-state index in [1.807, 2.05) is 45.0 Å². The molecule has 26 nitrogen and oxygen atoms in total. The summed E-state index contributed by atoms with van der Waals surface area (Å²) in [6, 6.07) is 10.3. The number of likely N-dealkylation sites (N-methyl/N-ethyl adjacent to an activating group) is 1.